The van der Waals surface area contributed by atoms with Gasteiger partial charge in [0, 0.05) is 12.5 Å². The van der Waals surface area contributed by atoms with Crippen LogP contribution in [0, 0.1) is 17.8 Å². The highest BCUT2D eigenvalue weighted by Crippen LogP contribution is 2.45. The van der Waals surface area contributed by atoms with E-state index in [1.54, 1.807) is 0 Å². The minimum atomic E-state index is -1.31. The van der Waals surface area contributed by atoms with Crippen molar-refractivity contribution in [1.29, 1.82) is 0 Å². The molecule has 1 aliphatic heterocycles. The molecule has 2 amide bonds. The van der Waals surface area contributed by atoms with E-state index in [0.29, 0.717) is 12.8 Å². The average Bonchev–Trinajstić information content (AvgIpc) is 3.05. The number of alkyl carbamates (subject to hydrolysis) is 2. The normalized spacial score (nSPS) is 31.0. The Morgan fingerprint density at radius 3 is 2.58 bits per heavy atom. The quantitative estimate of drug-likeness (QED) is 0.701. The second-order valence-corrected chi connectivity index (χ2v) is 6.74. The van der Waals surface area contributed by atoms with E-state index in [1.807, 2.05) is 19.2 Å². The van der Waals surface area contributed by atoms with Crippen LogP contribution in [0.2, 0.25) is 0 Å². The van der Waals surface area contributed by atoms with Crippen molar-refractivity contribution in [3.8, 4) is 0 Å². The zero-order valence-corrected chi connectivity index (χ0v) is 14.3. The molecule has 1 heterocycles. The largest absolute Gasteiger partial charge is 0.481 e. The first-order valence-corrected chi connectivity index (χ1v) is 8.41. The Hall–Kier alpha value is -1.83. The Labute approximate surface area is 141 Å². The number of ether oxygens (including phenoxy) is 2. The number of methoxy groups -OCH3 is 1. The molecule has 0 radical (unpaired) electrons. The molecule has 2 rings (SSSR count). The Morgan fingerprint density at radius 1 is 1.33 bits per heavy atom. The minimum Gasteiger partial charge on any atom is -0.481 e. The van der Waals surface area contributed by atoms with Gasteiger partial charge in [0.1, 0.15) is 5.92 Å². The van der Waals surface area contributed by atoms with E-state index in [0.717, 1.165) is 26.4 Å². The van der Waals surface area contributed by atoms with Crippen LogP contribution in [0.5, 0.6) is 0 Å². The summed E-state index contributed by atoms with van der Waals surface area (Å²) in [5.41, 5.74) is -1.31. The molecule has 1 aliphatic carbocycles. The smallest absolute Gasteiger partial charge is 0.418 e. The monoisotopic (exact) mass is 342 g/mol. The molecule has 5 atom stereocenters. The van der Waals surface area contributed by atoms with Crippen molar-refractivity contribution >= 4 is 18.2 Å². The highest BCUT2D eigenvalue weighted by molar-refractivity contribution is 5.87. The molecule has 0 aromatic heterocycles. The van der Waals surface area contributed by atoms with Crippen molar-refractivity contribution < 1.29 is 29.0 Å². The molecule has 3 N–H and O–H groups in total. The van der Waals surface area contributed by atoms with Gasteiger partial charge in [0.25, 0.3) is 0 Å². The maximum absolute atomic E-state index is 12.1. The van der Waals surface area contributed by atoms with Crippen LogP contribution in [0.25, 0.3) is 0 Å². The summed E-state index contributed by atoms with van der Waals surface area (Å²) in [6, 6.07) is 0.141. The standard InChI is InChI=1S/C16H26N2O6/c1-4-9(2)12(13(19)20)16(24-15(22)17-14(21)23-3)8-10-6-5-7-11(10)18-16/h9-12,18H,4-8H2,1-3H3,(H,19,20)(H,17,21,22)/t9?,10?,11?,12?,16-/m1/s1. The summed E-state index contributed by atoms with van der Waals surface area (Å²) < 4.78 is 9.89. The van der Waals surface area contributed by atoms with Gasteiger partial charge in [0.05, 0.1) is 7.11 Å². The first kappa shape index (κ1) is 18.5. The van der Waals surface area contributed by atoms with Crippen LogP contribution in [0.15, 0.2) is 0 Å². The summed E-state index contributed by atoms with van der Waals surface area (Å²) in [5.74, 6) is -1.82. The minimum absolute atomic E-state index is 0.141. The van der Waals surface area contributed by atoms with Crippen LogP contribution in [0.3, 0.4) is 0 Å². The molecular formula is C16H26N2O6. The molecule has 0 bridgehead atoms. The first-order chi connectivity index (χ1) is 11.3. The number of imide groups is 1. The van der Waals surface area contributed by atoms with E-state index >= 15 is 0 Å². The Balaban J connectivity index is 2.26. The van der Waals surface area contributed by atoms with Gasteiger partial charge in [0.2, 0.25) is 0 Å². The molecule has 2 aliphatic rings. The van der Waals surface area contributed by atoms with Crippen molar-refractivity contribution in [3.05, 3.63) is 0 Å². The molecule has 8 nitrogen and oxygen atoms in total. The van der Waals surface area contributed by atoms with Crippen molar-refractivity contribution in [2.45, 2.75) is 57.7 Å². The number of carboxylic acids is 1. The fourth-order valence-electron chi connectivity index (χ4n) is 4.05. The third-order valence-corrected chi connectivity index (χ3v) is 5.30. The van der Waals surface area contributed by atoms with E-state index in [4.69, 9.17) is 4.74 Å². The lowest BCUT2D eigenvalue weighted by molar-refractivity contribution is -0.158. The lowest BCUT2D eigenvalue weighted by Crippen LogP contribution is -2.58. The molecule has 24 heavy (non-hydrogen) atoms. The fraction of sp³-hybridized carbons (Fsp3) is 0.812. The van der Waals surface area contributed by atoms with Gasteiger partial charge < -0.3 is 14.6 Å². The van der Waals surface area contributed by atoms with E-state index in [2.05, 4.69) is 10.1 Å². The number of nitrogens with one attached hydrogen (secondary N) is 2. The first-order valence-electron chi connectivity index (χ1n) is 8.41. The van der Waals surface area contributed by atoms with Gasteiger partial charge in [-0.15, -0.1) is 0 Å². The molecule has 1 saturated carbocycles. The van der Waals surface area contributed by atoms with Crippen molar-refractivity contribution in [2.24, 2.45) is 17.8 Å². The zero-order chi connectivity index (χ0) is 17.9. The molecular weight excluding hydrogens is 316 g/mol. The van der Waals surface area contributed by atoms with Crippen LogP contribution in [0.1, 0.15) is 46.0 Å². The highest BCUT2D eigenvalue weighted by atomic mass is 16.6. The SMILES string of the molecule is CCC(C)C(C(=O)O)[C@]1(OC(=O)NC(=O)OC)CC2CCCC2N1. The summed E-state index contributed by atoms with van der Waals surface area (Å²) in [5, 5.41) is 15.0. The number of fused-ring (bicyclic) bond motifs is 1. The number of carbonyl (C=O) groups excluding carboxylic acids is 2. The van der Waals surface area contributed by atoms with E-state index in [9.17, 15) is 19.5 Å². The molecule has 1 saturated heterocycles. The third kappa shape index (κ3) is 3.63. The molecule has 0 aromatic rings. The second-order valence-electron chi connectivity index (χ2n) is 6.74. The van der Waals surface area contributed by atoms with E-state index < -0.39 is 29.8 Å². The summed E-state index contributed by atoms with van der Waals surface area (Å²) in [4.78, 5) is 35.2. The molecule has 136 valence electrons. The Kier molecular flexibility index (Phi) is 5.69. The predicted molar refractivity (Wildman–Crippen MR) is 84.2 cm³/mol. The molecule has 0 aromatic carbocycles. The Bertz CT molecular complexity index is 497. The van der Waals surface area contributed by atoms with Gasteiger partial charge in [0.15, 0.2) is 5.72 Å². The number of carbonyl (C=O) groups is 3. The number of hydrogen-bond donors (Lipinski definition) is 3. The molecule has 4 unspecified atom stereocenters. The number of carboxylic acid groups (broad SMARTS) is 1. The van der Waals surface area contributed by atoms with Crippen LogP contribution in [-0.2, 0) is 14.3 Å². The lowest BCUT2D eigenvalue weighted by Gasteiger charge is -2.38. The topological polar surface area (TPSA) is 114 Å². The maximum Gasteiger partial charge on any atom is 0.418 e. The van der Waals surface area contributed by atoms with Gasteiger partial charge in [-0.2, -0.15) is 0 Å². The van der Waals surface area contributed by atoms with Gasteiger partial charge in [-0.3, -0.25) is 10.1 Å². The van der Waals surface area contributed by atoms with Gasteiger partial charge in [-0.1, -0.05) is 26.7 Å². The van der Waals surface area contributed by atoms with Crippen molar-refractivity contribution in [2.75, 3.05) is 7.11 Å². The summed E-state index contributed by atoms with van der Waals surface area (Å²) in [6.07, 6.45) is 2.13. The van der Waals surface area contributed by atoms with Gasteiger partial charge in [-0.25, -0.2) is 14.9 Å². The number of rotatable bonds is 5. The van der Waals surface area contributed by atoms with E-state index in [1.165, 1.54) is 0 Å². The van der Waals surface area contributed by atoms with Gasteiger partial charge >= 0.3 is 18.2 Å². The molecule has 2 fully saturated rings. The van der Waals surface area contributed by atoms with Crippen LogP contribution in [0.4, 0.5) is 9.59 Å². The number of aliphatic carboxylic acids is 1. The van der Waals surface area contributed by atoms with E-state index in [-0.39, 0.29) is 17.9 Å². The lowest BCUT2D eigenvalue weighted by atomic mass is 9.80. The van der Waals surface area contributed by atoms with Crippen LogP contribution >= 0.6 is 0 Å². The van der Waals surface area contributed by atoms with Crippen LogP contribution < -0.4 is 10.6 Å². The fourth-order valence-corrected chi connectivity index (χ4v) is 4.05. The summed E-state index contributed by atoms with van der Waals surface area (Å²) >= 11 is 0. The summed E-state index contributed by atoms with van der Waals surface area (Å²) in [6.45, 7) is 3.73. The summed E-state index contributed by atoms with van der Waals surface area (Å²) in [7, 11) is 1.13. The Morgan fingerprint density at radius 2 is 2.04 bits per heavy atom. The zero-order valence-electron chi connectivity index (χ0n) is 14.3. The predicted octanol–water partition coefficient (Wildman–Crippen LogP) is 2.08. The number of hydrogen-bond acceptors (Lipinski definition) is 6. The average molecular weight is 342 g/mol. The van der Waals surface area contributed by atoms with Crippen LogP contribution in [-0.4, -0.2) is 42.1 Å². The third-order valence-electron chi connectivity index (χ3n) is 5.30. The molecule has 0 spiro atoms. The van der Waals surface area contributed by atoms with Crippen molar-refractivity contribution in [1.82, 2.24) is 10.6 Å². The maximum atomic E-state index is 12.1. The highest BCUT2D eigenvalue weighted by Gasteiger charge is 2.57. The number of amides is 2. The second kappa shape index (κ2) is 7.38. The van der Waals surface area contributed by atoms with Crippen molar-refractivity contribution in [3.63, 3.8) is 0 Å². The van der Waals surface area contributed by atoms with Gasteiger partial charge in [-0.05, 0) is 24.7 Å². The molecule has 8 heteroatoms.